The quantitative estimate of drug-likeness (QED) is 0.360. The molecule has 6 rings (SSSR count). The minimum atomic E-state index is -2.94. The SMILES string of the molecule is Cn1ncc2cc(C(N)=O)c(O[C@H]3CC4(C[C@H](NC(=O)c5cc(-c6ccc(C#N)cc6)n(C(F)F)n5)C4)C3)nc21. The van der Waals surface area contributed by atoms with Gasteiger partial charge in [0.15, 0.2) is 11.3 Å². The van der Waals surface area contributed by atoms with E-state index in [0.29, 0.717) is 39.7 Å². The number of aryl methyl sites for hydroxylation is 1. The number of pyridine rings is 1. The lowest BCUT2D eigenvalue weighted by atomic mass is 9.53. The van der Waals surface area contributed by atoms with Crippen molar-refractivity contribution in [1.29, 1.82) is 5.26 Å². The predicted octanol–water partition coefficient (Wildman–Crippen LogP) is 3.32. The van der Waals surface area contributed by atoms with E-state index in [1.165, 1.54) is 30.3 Å². The van der Waals surface area contributed by atoms with Crippen molar-refractivity contribution < 1.29 is 23.1 Å². The van der Waals surface area contributed by atoms with Gasteiger partial charge in [0.05, 0.1) is 23.5 Å². The van der Waals surface area contributed by atoms with E-state index >= 15 is 0 Å². The molecule has 1 spiro atoms. The zero-order valence-electron chi connectivity index (χ0n) is 21.3. The monoisotopic (exact) mass is 546 g/mol. The molecule has 3 aromatic heterocycles. The predicted molar refractivity (Wildman–Crippen MR) is 137 cm³/mol. The smallest absolute Gasteiger partial charge is 0.333 e. The average molecular weight is 547 g/mol. The number of nitriles is 1. The van der Waals surface area contributed by atoms with Crippen LogP contribution in [0.25, 0.3) is 22.3 Å². The van der Waals surface area contributed by atoms with Crippen LogP contribution in [0.15, 0.2) is 42.6 Å². The summed E-state index contributed by atoms with van der Waals surface area (Å²) in [5, 5.41) is 20.5. The highest BCUT2D eigenvalue weighted by Gasteiger charge is 2.54. The summed E-state index contributed by atoms with van der Waals surface area (Å²) in [6, 6.07) is 10.9. The van der Waals surface area contributed by atoms with Gasteiger partial charge in [0, 0.05) is 24.0 Å². The van der Waals surface area contributed by atoms with Crippen LogP contribution < -0.4 is 15.8 Å². The summed E-state index contributed by atoms with van der Waals surface area (Å²) >= 11 is 0. The Hall–Kier alpha value is -4.86. The number of amides is 2. The Bertz CT molecular complexity index is 1670. The van der Waals surface area contributed by atoms with Crippen LogP contribution in [0.5, 0.6) is 5.88 Å². The summed E-state index contributed by atoms with van der Waals surface area (Å²) in [7, 11) is 1.75. The van der Waals surface area contributed by atoms with Gasteiger partial charge in [0.25, 0.3) is 11.8 Å². The Kier molecular flexibility index (Phi) is 5.98. The first-order chi connectivity index (χ1) is 19.1. The number of hydrogen-bond donors (Lipinski definition) is 2. The Labute approximate surface area is 226 Å². The van der Waals surface area contributed by atoms with Gasteiger partial charge in [-0.25, -0.2) is 4.68 Å². The van der Waals surface area contributed by atoms with Gasteiger partial charge in [0.1, 0.15) is 11.7 Å². The molecule has 2 amide bonds. The van der Waals surface area contributed by atoms with Gasteiger partial charge in [-0.05, 0) is 55.4 Å². The number of carbonyl (C=O) groups is 2. The minimum Gasteiger partial charge on any atom is -0.474 e. The Morgan fingerprint density at radius 3 is 2.58 bits per heavy atom. The highest BCUT2D eigenvalue weighted by Crippen LogP contribution is 2.57. The van der Waals surface area contributed by atoms with Crippen LogP contribution in [0.4, 0.5) is 8.78 Å². The van der Waals surface area contributed by atoms with Crippen molar-refractivity contribution in [3.8, 4) is 23.2 Å². The topological polar surface area (TPSA) is 154 Å². The number of ether oxygens (including phenoxy) is 1. The van der Waals surface area contributed by atoms with Crippen molar-refractivity contribution in [3.63, 3.8) is 0 Å². The maximum Gasteiger partial charge on any atom is 0.333 e. The van der Waals surface area contributed by atoms with E-state index in [2.05, 4.69) is 20.5 Å². The largest absolute Gasteiger partial charge is 0.474 e. The molecule has 4 aromatic rings. The van der Waals surface area contributed by atoms with E-state index in [-0.39, 0.29) is 40.4 Å². The molecule has 11 nitrogen and oxygen atoms in total. The summed E-state index contributed by atoms with van der Waals surface area (Å²) in [6.45, 7) is -2.94. The van der Waals surface area contributed by atoms with Gasteiger partial charge in [-0.3, -0.25) is 14.3 Å². The first-order valence-electron chi connectivity index (χ1n) is 12.6. The molecule has 2 saturated carbocycles. The standard InChI is InChI=1S/C27H24F2N8O3/c1-36-23-16(13-32-36)6-19(22(31)38)25(34-23)40-18-10-27(11-18)8-17(9-27)33-24(39)20-7-21(37(35-20)26(28)29)15-4-2-14(12-30)3-5-15/h2-7,13,17-18,26H,8-11H2,1H3,(H2,31,38)(H,33,39)/t17-,18-,27?. The molecule has 0 atom stereocenters. The summed E-state index contributed by atoms with van der Waals surface area (Å²) in [6.07, 6.45) is 4.34. The Morgan fingerprint density at radius 2 is 1.93 bits per heavy atom. The van der Waals surface area contributed by atoms with Crippen molar-refractivity contribution in [2.45, 2.75) is 44.4 Å². The van der Waals surface area contributed by atoms with E-state index in [0.717, 1.165) is 12.8 Å². The van der Waals surface area contributed by atoms with Gasteiger partial charge in [0.2, 0.25) is 5.88 Å². The average Bonchev–Trinajstić information content (AvgIpc) is 3.50. The second kappa shape index (κ2) is 9.41. The number of rotatable bonds is 7. The first kappa shape index (κ1) is 25.4. The lowest BCUT2D eigenvalue weighted by molar-refractivity contribution is -0.0847. The molecule has 3 heterocycles. The molecule has 2 fully saturated rings. The van der Waals surface area contributed by atoms with Gasteiger partial charge in [-0.1, -0.05) is 12.1 Å². The number of fused-ring (bicyclic) bond motifs is 1. The second-order valence-electron chi connectivity index (χ2n) is 10.4. The molecule has 204 valence electrons. The van der Waals surface area contributed by atoms with Crippen molar-refractivity contribution in [1.82, 2.24) is 29.9 Å². The molecule has 1 aromatic carbocycles. The third-order valence-corrected chi connectivity index (χ3v) is 7.69. The lowest BCUT2D eigenvalue weighted by Gasteiger charge is -2.57. The Balaban J connectivity index is 1.07. The number of aromatic nitrogens is 5. The van der Waals surface area contributed by atoms with Crippen LogP contribution >= 0.6 is 0 Å². The molecule has 13 heteroatoms. The van der Waals surface area contributed by atoms with E-state index in [1.54, 1.807) is 24.0 Å². The molecule has 0 unspecified atom stereocenters. The van der Waals surface area contributed by atoms with E-state index in [9.17, 15) is 18.4 Å². The number of carbonyl (C=O) groups excluding carboxylic acids is 2. The van der Waals surface area contributed by atoms with E-state index in [1.807, 2.05) is 6.07 Å². The summed E-state index contributed by atoms with van der Waals surface area (Å²) in [5.74, 6) is -0.980. The van der Waals surface area contributed by atoms with Crippen LogP contribution in [0, 0.1) is 16.7 Å². The molecule has 40 heavy (non-hydrogen) atoms. The highest BCUT2D eigenvalue weighted by molar-refractivity contribution is 5.98. The molecular weight excluding hydrogens is 522 g/mol. The molecule has 0 radical (unpaired) electrons. The normalized spacial score (nSPS) is 21.6. The molecule has 0 bridgehead atoms. The van der Waals surface area contributed by atoms with Crippen molar-refractivity contribution >= 4 is 22.8 Å². The van der Waals surface area contributed by atoms with Gasteiger partial charge >= 0.3 is 6.55 Å². The van der Waals surface area contributed by atoms with E-state index in [4.69, 9.17) is 15.7 Å². The number of alkyl halides is 2. The zero-order valence-corrected chi connectivity index (χ0v) is 21.3. The molecule has 2 aliphatic rings. The lowest BCUT2D eigenvalue weighted by Crippen LogP contribution is -2.58. The van der Waals surface area contributed by atoms with Gasteiger partial charge in [-0.2, -0.15) is 29.2 Å². The highest BCUT2D eigenvalue weighted by atomic mass is 19.3. The second-order valence-corrected chi connectivity index (χ2v) is 10.4. The van der Waals surface area contributed by atoms with Crippen molar-refractivity contribution in [3.05, 3.63) is 59.4 Å². The van der Waals surface area contributed by atoms with E-state index < -0.39 is 18.4 Å². The first-order valence-corrected chi connectivity index (χ1v) is 12.6. The number of nitrogens with one attached hydrogen (secondary N) is 1. The molecule has 2 aliphatic carbocycles. The van der Waals surface area contributed by atoms with Gasteiger partial charge < -0.3 is 15.8 Å². The molecular formula is C27H24F2N8O3. The number of nitrogens with two attached hydrogens (primary N) is 1. The fourth-order valence-corrected chi connectivity index (χ4v) is 5.74. The zero-order chi connectivity index (χ0) is 28.2. The third kappa shape index (κ3) is 4.41. The van der Waals surface area contributed by atoms with Crippen LogP contribution in [-0.4, -0.2) is 48.5 Å². The van der Waals surface area contributed by atoms with Crippen LogP contribution in [0.3, 0.4) is 0 Å². The summed E-state index contributed by atoms with van der Waals surface area (Å²) < 4.78 is 35.4. The number of hydrogen-bond acceptors (Lipinski definition) is 7. The third-order valence-electron chi connectivity index (χ3n) is 7.69. The molecule has 0 aliphatic heterocycles. The van der Waals surface area contributed by atoms with Crippen LogP contribution in [0.2, 0.25) is 0 Å². The van der Waals surface area contributed by atoms with Gasteiger partial charge in [-0.15, -0.1) is 0 Å². The van der Waals surface area contributed by atoms with Crippen LogP contribution in [0.1, 0.15) is 58.6 Å². The number of benzene rings is 1. The maximum absolute atomic E-state index is 13.6. The summed E-state index contributed by atoms with van der Waals surface area (Å²) in [4.78, 5) is 29.3. The number of nitrogens with zero attached hydrogens (tertiary/aromatic N) is 6. The Morgan fingerprint density at radius 1 is 1.20 bits per heavy atom. The fourth-order valence-electron chi connectivity index (χ4n) is 5.74. The number of primary amides is 1. The van der Waals surface area contributed by atoms with Crippen LogP contribution in [-0.2, 0) is 7.05 Å². The molecule has 0 saturated heterocycles. The minimum absolute atomic E-state index is 0.00209. The number of halogens is 2. The maximum atomic E-state index is 13.6. The fraction of sp³-hybridized carbons (Fsp3) is 0.333. The molecule has 3 N–H and O–H groups in total. The van der Waals surface area contributed by atoms with Crippen molar-refractivity contribution in [2.24, 2.45) is 18.2 Å². The van der Waals surface area contributed by atoms with Crippen molar-refractivity contribution in [2.75, 3.05) is 0 Å². The summed E-state index contributed by atoms with van der Waals surface area (Å²) in [5.41, 5.74) is 7.11.